The molecule has 1 rings (SSSR count). The molecular formula is C11H14ClF3N2. The van der Waals surface area contributed by atoms with Crippen molar-refractivity contribution in [3.05, 3.63) is 22.8 Å². The summed E-state index contributed by atoms with van der Waals surface area (Å²) in [6.45, 7) is 5.91. The fourth-order valence-electron chi connectivity index (χ4n) is 1.08. The molecule has 0 aliphatic heterocycles. The van der Waals surface area contributed by atoms with Crippen molar-refractivity contribution in [2.45, 2.75) is 33.0 Å². The maximum absolute atomic E-state index is 12.4. The zero-order valence-electron chi connectivity index (χ0n) is 9.77. The molecule has 0 amide bonds. The van der Waals surface area contributed by atoms with Gasteiger partial charge in [-0.15, -0.1) is 0 Å². The Balaban J connectivity index is 2.91. The third-order valence-electron chi connectivity index (χ3n) is 2.53. The van der Waals surface area contributed by atoms with Gasteiger partial charge in [-0.3, -0.25) is 0 Å². The first-order chi connectivity index (χ1) is 7.71. The Hall–Kier alpha value is -0.970. The van der Waals surface area contributed by atoms with E-state index in [9.17, 15) is 13.2 Å². The molecule has 0 aliphatic carbocycles. The summed E-state index contributed by atoms with van der Waals surface area (Å²) in [6.07, 6.45) is -3.64. The van der Waals surface area contributed by atoms with Gasteiger partial charge in [-0.05, 0) is 18.9 Å². The molecule has 0 fully saturated rings. The number of nitrogens with zero attached hydrogens (tertiary/aromatic N) is 1. The first-order valence-electron chi connectivity index (χ1n) is 5.21. The van der Waals surface area contributed by atoms with E-state index in [-0.39, 0.29) is 16.9 Å². The number of alkyl halides is 3. The topological polar surface area (TPSA) is 24.9 Å². The zero-order chi connectivity index (χ0) is 13.2. The van der Waals surface area contributed by atoms with Gasteiger partial charge < -0.3 is 5.32 Å². The van der Waals surface area contributed by atoms with Crippen molar-refractivity contribution in [1.82, 2.24) is 4.98 Å². The van der Waals surface area contributed by atoms with Crippen LogP contribution >= 0.6 is 11.6 Å². The van der Waals surface area contributed by atoms with Crippen molar-refractivity contribution in [3.8, 4) is 0 Å². The van der Waals surface area contributed by atoms with Crippen LogP contribution < -0.4 is 5.32 Å². The van der Waals surface area contributed by atoms with Gasteiger partial charge in [0.2, 0.25) is 0 Å². The quantitative estimate of drug-likeness (QED) is 0.886. The molecule has 1 aromatic rings. The van der Waals surface area contributed by atoms with Gasteiger partial charge in [0.1, 0.15) is 5.82 Å². The van der Waals surface area contributed by atoms with Crippen LogP contribution in [0.4, 0.5) is 19.0 Å². The normalized spacial score (nSPS) is 13.9. The Bertz CT molecular complexity index is 391. The second-order valence-electron chi connectivity index (χ2n) is 4.23. The Morgan fingerprint density at radius 3 is 2.29 bits per heavy atom. The lowest BCUT2D eigenvalue weighted by Crippen LogP contribution is -2.22. The number of nitrogens with one attached hydrogen (secondary N) is 1. The average Bonchev–Trinajstić information content (AvgIpc) is 2.19. The summed E-state index contributed by atoms with van der Waals surface area (Å²) >= 11 is 5.76. The van der Waals surface area contributed by atoms with Gasteiger partial charge in [0, 0.05) is 12.2 Å². The van der Waals surface area contributed by atoms with Gasteiger partial charge in [0.15, 0.2) is 0 Å². The highest BCUT2D eigenvalue weighted by molar-refractivity contribution is 6.32. The van der Waals surface area contributed by atoms with Crippen LogP contribution in [0.25, 0.3) is 0 Å². The monoisotopic (exact) mass is 266 g/mol. The SMILES string of the molecule is CC(C)C(C)Nc1ncc(C(F)(F)F)cc1Cl. The van der Waals surface area contributed by atoms with Gasteiger partial charge in [0.05, 0.1) is 10.6 Å². The molecule has 1 N–H and O–H groups in total. The van der Waals surface area contributed by atoms with Crippen LogP contribution in [-0.4, -0.2) is 11.0 Å². The predicted molar refractivity (Wildman–Crippen MR) is 62.2 cm³/mol. The number of pyridine rings is 1. The molecule has 0 bridgehead atoms. The minimum Gasteiger partial charge on any atom is -0.366 e. The van der Waals surface area contributed by atoms with Crippen LogP contribution in [0.5, 0.6) is 0 Å². The van der Waals surface area contributed by atoms with Crippen LogP contribution in [0.2, 0.25) is 5.02 Å². The van der Waals surface area contributed by atoms with Gasteiger partial charge in [0.25, 0.3) is 0 Å². The smallest absolute Gasteiger partial charge is 0.366 e. The molecular weight excluding hydrogens is 253 g/mol. The van der Waals surface area contributed by atoms with E-state index in [1.54, 1.807) is 0 Å². The maximum atomic E-state index is 12.4. The fourth-order valence-corrected chi connectivity index (χ4v) is 1.30. The van der Waals surface area contributed by atoms with E-state index in [1.165, 1.54) is 0 Å². The molecule has 0 radical (unpaired) electrons. The third kappa shape index (κ3) is 3.77. The molecule has 1 heterocycles. The summed E-state index contributed by atoms with van der Waals surface area (Å²) in [7, 11) is 0. The highest BCUT2D eigenvalue weighted by Gasteiger charge is 2.31. The highest BCUT2D eigenvalue weighted by Crippen LogP contribution is 2.32. The van der Waals surface area contributed by atoms with Crippen molar-refractivity contribution in [1.29, 1.82) is 0 Å². The Morgan fingerprint density at radius 2 is 1.88 bits per heavy atom. The van der Waals surface area contributed by atoms with Crippen LogP contribution in [0.1, 0.15) is 26.3 Å². The van der Waals surface area contributed by atoms with Gasteiger partial charge >= 0.3 is 6.18 Å². The van der Waals surface area contributed by atoms with E-state index in [1.807, 2.05) is 20.8 Å². The standard InChI is InChI=1S/C11H14ClF3N2/c1-6(2)7(3)17-10-9(12)4-8(5-16-10)11(13,14)15/h4-7H,1-3H3,(H,16,17). The van der Waals surface area contributed by atoms with Gasteiger partial charge in [-0.25, -0.2) is 4.98 Å². The Labute approximate surface area is 103 Å². The van der Waals surface area contributed by atoms with Crippen LogP contribution in [0.15, 0.2) is 12.3 Å². The predicted octanol–water partition coefficient (Wildman–Crippen LogP) is 4.21. The fraction of sp³-hybridized carbons (Fsp3) is 0.545. The van der Waals surface area contributed by atoms with E-state index < -0.39 is 11.7 Å². The van der Waals surface area contributed by atoms with Crippen LogP contribution in [-0.2, 0) is 6.18 Å². The van der Waals surface area contributed by atoms with Crippen molar-refractivity contribution in [3.63, 3.8) is 0 Å². The number of anilines is 1. The molecule has 0 saturated heterocycles. The molecule has 1 atom stereocenters. The molecule has 96 valence electrons. The van der Waals surface area contributed by atoms with E-state index >= 15 is 0 Å². The highest BCUT2D eigenvalue weighted by atomic mass is 35.5. The van der Waals surface area contributed by atoms with Crippen molar-refractivity contribution in [2.75, 3.05) is 5.32 Å². The van der Waals surface area contributed by atoms with Crippen molar-refractivity contribution >= 4 is 17.4 Å². The van der Waals surface area contributed by atoms with E-state index in [4.69, 9.17) is 11.6 Å². The number of hydrogen-bond donors (Lipinski definition) is 1. The van der Waals surface area contributed by atoms with Crippen molar-refractivity contribution < 1.29 is 13.2 Å². The minimum absolute atomic E-state index is 0.0210. The molecule has 0 aromatic carbocycles. The van der Waals surface area contributed by atoms with Gasteiger partial charge in [-0.2, -0.15) is 13.2 Å². The molecule has 6 heteroatoms. The van der Waals surface area contributed by atoms with E-state index in [2.05, 4.69) is 10.3 Å². The van der Waals surface area contributed by atoms with Crippen molar-refractivity contribution in [2.24, 2.45) is 5.92 Å². The summed E-state index contributed by atoms with van der Waals surface area (Å²) in [6, 6.07) is 0.959. The van der Waals surface area contributed by atoms with E-state index in [0.29, 0.717) is 5.92 Å². The van der Waals surface area contributed by atoms with Gasteiger partial charge in [-0.1, -0.05) is 25.4 Å². The molecule has 1 unspecified atom stereocenters. The average molecular weight is 267 g/mol. The lowest BCUT2D eigenvalue weighted by Gasteiger charge is -2.19. The second-order valence-corrected chi connectivity index (χ2v) is 4.64. The summed E-state index contributed by atoms with van der Waals surface area (Å²) in [4.78, 5) is 3.70. The largest absolute Gasteiger partial charge is 0.417 e. The second kappa shape index (κ2) is 5.12. The first kappa shape index (κ1) is 14.1. The Morgan fingerprint density at radius 1 is 1.29 bits per heavy atom. The molecule has 1 aromatic heterocycles. The zero-order valence-corrected chi connectivity index (χ0v) is 10.5. The summed E-state index contributed by atoms with van der Waals surface area (Å²) in [5.41, 5.74) is -0.842. The number of aromatic nitrogens is 1. The summed E-state index contributed by atoms with van der Waals surface area (Å²) in [5.74, 6) is 0.607. The minimum atomic E-state index is -4.42. The summed E-state index contributed by atoms with van der Waals surface area (Å²) < 4.78 is 37.1. The number of halogens is 4. The van der Waals surface area contributed by atoms with Crippen LogP contribution in [0, 0.1) is 5.92 Å². The maximum Gasteiger partial charge on any atom is 0.417 e. The third-order valence-corrected chi connectivity index (χ3v) is 2.82. The number of rotatable bonds is 3. The molecule has 2 nitrogen and oxygen atoms in total. The number of hydrogen-bond acceptors (Lipinski definition) is 2. The first-order valence-corrected chi connectivity index (χ1v) is 5.59. The molecule has 0 saturated carbocycles. The summed E-state index contributed by atoms with van der Waals surface area (Å²) in [5, 5.41) is 2.96. The lowest BCUT2D eigenvalue weighted by atomic mass is 10.1. The Kier molecular flexibility index (Phi) is 4.25. The lowest BCUT2D eigenvalue weighted by molar-refractivity contribution is -0.137. The molecule has 0 aliphatic rings. The molecule has 17 heavy (non-hydrogen) atoms. The molecule has 0 spiro atoms. The van der Waals surface area contributed by atoms with Crippen LogP contribution in [0.3, 0.4) is 0 Å². The van der Waals surface area contributed by atoms with E-state index in [0.717, 1.165) is 12.3 Å².